The lowest BCUT2D eigenvalue weighted by Gasteiger charge is -2.13. The van der Waals surface area contributed by atoms with Gasteiger partial charge >= 0.3 is 6.18 Å². The summed E-state index contributed by atoms with van der Waals surface area (Å²) in [5.74, 6) is 0.0484. The van der Waals surface area contributed by atoms with E-state index in [-0.39, 0.29) is 34.9 Å². The highest BCUT2D eigenvalue weighted by atomic mass is 35.5. The summed E-state index contributed by atoms with van der Waals surface area (Å²) in [6.45, 7) is 0.254. The molecule has 0 aromatic carbocycles. The third-order valence-electron chi connectivity index (χ3n) is 3.02. The minimum absolute atomic E-state index is 0.00544. The Balaban J connectivity index is 2.05. The number of halogens is 4. The van der Waals surface area contributed by atoms with Crippen LogP contribution in [-0.4, -0.2) is 31.5 Å². The van der Waals surface area contributed by atoms with Crippen LogP contribution in [0.2, 0.25) is 5.15 Å². The number of anilines is 1. The van der Waals surface area contributed by atoms with Gasteiger partial charge in [0.15, 0.2) is 9.84 Å². The quantitative estimate of drug-likeness (QED) is 0.866. The molecule has 1 unspecified atom stereocenters. The second-order valence-electron chi connectivity index (χ2n) is 4.71. The van der Waals surface area contributed by atoms with Gasteiger partial charge in [-0.2, -0.15) is 13.2 Å². The number of sulfone groups is 1. The molecule has 0 spiro atoms. The Kier molecular flexibility index (Phi) is 4.15. The van der Waals surface area contributed by atoms with E-state index >= 15 is 0 Å². The molecule has 112 valence electrons. The fourth-order valence-electron chi connectivity index (χ4n) is 2.03. The summed E-state index contributed by atoms with van der Waals surface area (Å²) in [6, 6.07) is 1.60. The number of rotatable bonds is 3. The van der Waals surface area contributed by atoms with E-state index in [1.165, 1.54) is 0 Å². The number of alkyl halides is 3. The molecule has 4 nitrogen and oxygen atoms in total. The molecule has 0 aliphatic carbocycles. The molecule has 0 bridgehead atoms. The lowest BCUT2D eigenvalue weighted by atomic mass is 10.1. The van der Waals surface area contributed by atoms with E-state index in [9.17, 15) is 21.6 Å². The van der Waals surface area contributed by atoms with Crippen LogP contribution >= 0.6 is 11.6 Å². The zero-order valence-corrected chi connectivity index (χ0v) is 11.8. The Morgan fingerprint density at radius 2 is 2.10 bits per heavy atom. The van der Waals surface area contributed by atoms with Gasteiger partial charge in [-0.1, -0.05) is 11.6 Å². The third-order valence-corrected chi connectivity index (χ3v) is 5.05. The molecule has 1 fully saturated rings. The second-order valence-corrected chi connectivity index (χ2v) is 7.33. The predicted molar refractivity (Wildman–Crippen MR) is 69.5 cm³/mol. The zero-order chi connectivity index (χ0) is 15.0. The molecule has 9 heteroatoms. The van der Waals surface area contributed by atoms with Crippen LogP contribution in [0.4, 0.5) is 19.0 Å². The molecule has 1 N–H and O–H groups in total. The van der Waals surface area contributed by atoms with Gasteiger partial charge in [0.1, 0.15) is 11.0 Å². The normalized spacial score (nSPS) is 21.9. The van der Waals surface area contributed by atoms with Crippen molar-refractivity contribution in [3.05, 3.63) is 22.8 Å². The maximum absolute atomic E-state index is 12.6. The van der Waals surface area contributed by atoms with Crippen molar-refractivity contribution in [2.75, 3.05) is 23.4 Å². The van der Waals surface area contributed by atoms with Crippen LogP contribution in [0.3, 0.4) is 0 Å². The highest BCUT2D eigenvalue weighted by Crippen LogP contribution is 2.32. The number of pyridine rings is 1. The largest absolute Gasteiger partial charge is 0.416 e. The molecule has 1 saturated heterocycles. The minimum atomic E-state index is -4.50. The van der Waals surface area contributed by atoms with E-state index < -0.39 is 21.6 Å². The number of nitrogens with one attached hydrogen (secondary N) is 1. The maximum atomic E-state index is 12.6. The highest BCUT2D eigenvalue weighted by Gasteiger charge is 2.32. The lowest BCUT2D eigenvalue weighted by Crippen LogP contribution is -2.17. The van der Waals surface area contributed by atoms with E-state index in [1.807, 2.05) is 0 Å². The smallest absolute Gasteiger partial charge is 0.370 e. The van der Waals surface area contributed by atoms with Gasteiger partial charge in [-0.05, 0) is 24.5 Å². The van der Waals surface area contributed by atoms with Gasteiger partial charge in [-0.3, -0.25) is 0 Å². The number of nitrogens with zero attached hydrogens (tertiary/aromatic N) is 1. The Hall–Kier alpha value is -1.02. The van der Waals surface area contributed by atoms with Crippen LogP contribution in [0, 0.1) is 5.92 Å². The van der Waals surface area contributed by atoms with Crippen molar-refractivity contribution in [2.24, 2.45) is 5.92 Å². The molecule has 1 atom stereocenters. The molecule has 1 aromatic rings. The zero-order valence-electron chi connectivity index (χ0n) is 10.2. The molecule has 0 amide bonds. The fraction of sp³-hybridized carbons (Fsp3) is 0.545. The van der Waals surface area contributed by atoms with E-state index in [0.717, 1.165) is 12.1 Å². The van der Waals surface area contributed by atoms with E-state index in [0.29, 0.717) is 6.42 Å². The summed E-state index contributed by atoms with van der Waals surface area (Å²) in [7, 11) is -3.01. The third kappa shape index (κ3) is 3.99. The van der Waals surface area contributed by atoms with Crippen molar-refractivity contribution < 1.29 is 21.6 Å². The fourth-order valence-corrected chi connectivity index (χ4v) is 4.10. The van der Waals surface area contributed by atoms with Crippen molar-refractivity contribution in [3.8, 4) is 0 Å². The Morgan fingerprint density at radius 3 is 2.65 bits per heavy atom. The maximum Gasteiger partial charge on any atom is 0.416 e. The summed E-state index contributed by atoms with van der Waals surface area (Å²) < 4.78 is 60.3. The first-order chi connectivity index (χ1) is 9.16. The van der Waals surface area contributed by atoms with Gasteiger partial charge in [0.25, 0.3) is 0 Å². The molecular formula is C11H12ClF3N2O2S. The summed E-state index contributed by atoms with van der Waals surface area (Å²) in [5, 5.41) is 2.46. The van der Waals surface area contributed by atoms with Crippen LogP contribution in [-0.2, 0) is 16.0 Å². The van der Waals surface area contributed by atoms with Crippen molar-refractivity contribution in [1.82, 2.24) is 4.98 Å². The summed E-state index contributed by atoms with van der Waals surface area (Å²) in [4.78, 5) is 3.75. The van der Waals surface area contributed by atoms with Crippen LogP contribution in [0.1, 0.15) is 12.0 Å². The molecule has 2 heterocycles. The average molecular weight is 329 g/mol. The van der Waals surface area contributed by atoms with Gasteiger partial charge in [-0.15, -0.1) is 0 Å². The first-order valence-corrected chi connectivity index (χ1v) is 8.05. The summed E-state index contributed by atoms with van der Waals surface area (Å²) in [5.41, 5.74) is -0.890. The summed E-state index contributed by atoms with van der Waals surface area (Å²) >= 11 is 5.55. The molecule has 1 aliphatic heterocycles. The minimum Gasteiger partial charge on any atom is -0.370 e. The van der Waals surface area contributed by atoms with Crippen LogP contribution in [0.5, 0.6) is 0 Å². The molecule has 1 aliphatic rings. The van der Waals surface area contributed by atoms with Gasteiger partial charge in [0.2, 0.25) is 0 Å². The average Bonchev–Trinajstić information content (AvgIpc) is 2.64. The Labute approximate surface area is 119 Å². The molecule has 20 heavy (non-hydrogen) atoms. The van der Waals surface area contributed by atoms with Crippen molar-refractivity contribution >= 4 is 27.3 Å². The first-order valence-electron chi connectivity index (χ1n) is 5.85. The number of hydrogen-bond acceptors (Lipinski definition) is 4. The molecule has 2 rings (SSSR count). The standard InChI is InChI=1S/C11H12ClF3N2O2S/c12-9-3-8(11(13,14)15)4-10(17-9)16-5-7-1-2-20(18,19)6-7/h3-4,7H,1-2,5-6H2,(H,16,17). The van der Waals surface area contributed by atoms with Gasteiger partial charge in [0.05, 0.1) is 17.1 Å². The van der Waals surface area contributed by atoms with Crippen molar-refractivity contribution in [3.63, 3.8) is 0 Å². The molecular weight excluding hydrogens is 317 g/mol. The van der Waals surface area contributed by atoms with Gasteiger partial charge < -0.3 is 5.32 Å². The SMILES string of the molecule is O=S1(=O)CCC(CNc2cc(C(F)(F)F)cc(Cl)n2)C1. The van der Waals surface area contributed by atoms with E-state index in [1.54, 1.807) is 0 Å². The Bertz CT molecular complexity index is 604. The van der Waals surface area contributed by atoms with E-state index in [4.69, 9.17) is 11.6 Å². The molecule has 0 saturated carbocycles. The van der Waals surface area contributed by atoms with E-state index in [2.05, 4.69) is 10.3 Å². The van der Waals surface area contributed by atoms with Gasteiger partial charge in [0, 0.05) is 6.54 Å². The second kappa shape index (κ2) is 5.40. The van der Waals surface area contributed by atoms with Crippen LogP contribution in [0.25, 0.3) is 0 Å². The summed E-state index contributed by atoms with van der Waals surface area (Å²) in [6.07, 6.45) is -4.00. The van der Waals surface area contributed by atoms with Crippen molar-refractivity contribution in [2.45, 2.75) is 12.6 Å². The lowest BCUT2D eigenvalue weighted by molar-refractivity contribution is -0.137. The number of hydrogen-bond donors (Lipinski definition) is 1. The van der Waals surface area contributed by atoms with Crippen LogP contribution in [0.15, 0.2) is 12.1 Å². The monoisotopic (exact) mass is 328 g/mol. The topological polar surface area (TPSA) is 59.1 Å². The molecule has 1 aromatic heterocycles. The van der Waals surface area contributed by atoms with Gasteiger partial charge in [-0.25, -0.2) is 13.4 Å². The Morgan fingerprint density at radius 1 is 1.40 bits per heavy atom. The first kappa shape index (κ1) is 15.4. The number of aromatic nitrogens is 1. The predicted octanol–water partition coefficient (Wildman–Crippen LogP) is 2.60. The highest BCUT2D eigenvalue weighted by molar-refractivity contribution is 7.91. The van der Waals surface area contributed by atoms with Crippen LogP contribution < -0.4 is 5.32 Å². The molecule has 0 radical (unpaired) electrons. The van der Waals surface area contributed by atoms with Crippen molar-refractivity contribution in [1.29, 1.82) is 0 Å².